The average Bonchev–Trinajstić information content (AvgIpc) is 2.99. The van der Waals surface area contributed by atoms with Gasteiger partial charge in [0.05, 0.1) is 7.11 Å². The van der Waals surface area contributed by atoms with Crippen LogP contribution in [0.15, 0.2) is 0 Å². The molecule has 2 rings (SSSR count). The normalized spacial score (nSPS) is 21.5. The van der Waals surface area contributed by atoms with Crippen LogP contribution in [0, 0.1) is 62.4 Å². The average molecular weight is 465 g/mol. The van der Waals surface area contributed by atoms with E-state index in [0.29, 0.717) is 0 Å². The first kappa shape index (κ1) is 22.2. The van der Waals surface area contributed by atoms with Crippen molar-refractivity contribution in [2.75, 3.05) is 0 Å². The maximum atomic E-state index is 4.93. The molecule has 0 bridgehead atoms. The zero-order valence-electron chi connectivity index (χ0n) is 14.4. The molecule has 2 saturated carbocycles. The van der Waals surface area contributed by atoms with Gasteiger partial charge in [-0.3, -0.25) is 0 Å². The summed E-state index contributed by atoms with van der Waals surface area (Å²) in [6, 6.07) is 0. The summed E-state index contributed by atoms with van der Waals surface area (Å²) in [5.41, 5.74) is 3.38. The van der Waals surface area contributed by atoms with Crippen molar-refractivity contribution in [3.8, 4) is 0 Å². The molecule has 0 heterocycles. The van der Waals surface area contributed by atoms with Crippen molar-refractivity contribution in [2.24, 2.45) is 0 Å². The molecule has 0 amide bonds. The van der Waals surface area contributed by atoms with E-state index in [4.69, 9.17) is 17.0 Å². The van der Waals surface area contributed by atoms with E-state index in [1.807, 2.05) is 0 Å². The van der Waals surface area contributed by atoms with Crippen LogP contribution >= 0.6 is 17.0 Å². The summed E-state index contributed by atoms with van der Waals surface area (Å²) in [5.74, 6) is 0. The summed E-state index contributed by atoms with van der Waals surface area (Å²) in [6.45, 7) is 15.6. The fourth-order valence-electron chi connectivity index (χ4n) is 4.27. The minimum absolute atomic E-state index is 0.826. The standard InChI is InChI=1S/C16H26Si3.2ClH.Zr/c1-17(2,3)19(18(4,5)6,15-11-7-8-12-15)16-13-9-10-14-16;;;/h7-14H,1-6H3;2*1H;/q;;;+4/p-2. The van der Waals surface area contributed by atoms with Gasteiger partial charge in [0.25, 0.3) is 0 Å². The van der Waals surface area contributed by atoms with Gasteiger partial charge in [0.2, 0.25) is 0 Å². The quantitative estimate of drug-likeness (QED) is 0.480. The van der Waals surface area contributed by atoms with Gasteiger partial charge in [-0.1, -0.05) is 39.3 Å². The molecule has 0 N–H and O–H groups in total. The molecule has 0 unspecified atom stereocenters. The van der Waals surface area contributed by atoms with Gasteiger partial charge in [0, 0.05) is 15.2 Å². The molecule has 0 aromatic carbocycles. The van der Waals surface area contributed by atoms with Gasteiger partial charge in [0.1, 0.15) is 0 Å². The Morgan fingerprint density at radius 2 is 0.864 bits per heavy atom. The van der Waals surface area contributed by atoms with E-state index in [9.17, 15) is 0 Å². The molecule has 2 fully saturated rings. The van der Waals surface area contributed by atoms with Crippen molar-refractivity contribution in [3.63, 3.8) is 0 Å². The first-order valence-corrected chi connectivity index (χ1v) is 24.9. The molecule has 22 heavy (non-hydrogen) atoms. The second-order valence-corrected chi connectivity index (χ2v) is 38.1. The Labute approximate surface area is 160 Å². The van der Waals surface area contributed by atoms with E-state index >= 15 is 0 Å². The maximum absolute atomic E-state index is 4.93. The first-order chi connectivity index (χ1) is 10.1. The summed E-state index contributed by atoms with van der Waals surface area (Å²) >= 11 is -0.826. The Morgan fingerprint density at radius 1 is 0.636 bits per heavy atom. The van der Waals surface area contributed by atoms with Crippen LogP contribution in [0.5, 0.6) is 0 Å². The zero-order chi connectivity index (χ0) is 17.0. The Balaban J connectivity index is 0.000000745. The number of hydrogen-bond acceptors (Lipinski definition) is 0. The molecule has 118 valence electrons. The van der Waals surface area contributed by atoms with Gasteiger partial charge < -0.3 is 0 Å². The Hall–Kier alpha value is 2.11. The van der Waals surface area contributed by atoms with Crippen LogP contribution in [0.2, 0.25) is 39.3 Å². The van der Waals surface area contributed by atoms with Crippen LogP contribution in [0.25, 0.3) is 0 Å². The number of halogens is 2. The molecular formula is C16H26Cl2Si3Zr+2. The molecule has 2 aliphatic rings. The fourth-order valence-corrected chi connectivity index (χ4v) is 51.1. The van der Waals surface area contributed by atoms with Gasteiger partial charge >= 0.3 is 37.9 Å². The first-order valence-electron chi connectivity index (χ1n) is 7.53. The molecule has 0 aliphatic heterocycles. The van der Waals surface area contributed by atoms with Gasteiger partial charge in [-0.2, -0.15) is 0 Å². The molecule has 0 aromatic heterocycles. The predicted molar refractivity (Wildman–Crippen MR) is 105 cm³/mol. The second kappa shape index (κ2) is 9.17. The van der Waals surface area contributed by atoms with Crippen LogP contribution in [-0.4, -0.2) is 22.3 Å². The zero-order valence-corrected chi connectivity index (χ0v) is 21.3. The fraction of sp³-hybridized carbons (Fsp3) is 0.375. The van der Waals surface area contributed by atoms with Crippen molar-refractivity contribution >= 4 is 39.3 Å². The van der Waals surface area contributed by atoms with Gasteiger partial charge in [0.15, 0.2) is 0 Å². The van der Waals surface area contributed by atoms with Crippen molar-refractivity contribution in [2.45, 2.75) is 39.3 Å². The number of rotatable bonds is 4. The Kier molecular flexibility index (Phi) is 9.23. The monoisotopic (exact) mass is 462 g/mol. The van der Waals surface area contributed by atoms with Crippen LogP contribution < -0.4 is 0 Å². The molecule has 6 heteroatoms. The van der Waals surface area contributed by atoms with E-state index < -0.39 is 43.1 Å². The molecule has 10 radical (unpaired) electrons. The Morgan fingerprint density at radius 3 is 1.05 bits per heavy atom. The summed E-state index contributed by atoms with van der Waals surface area (Å²) < 4.78 is 0. The molecule has 0 spiro atoms. The molecular weight excluding hydrogens is 439 g/mol. The van der Waals surface area contributed by atoms with Crippen molar-refractivity contribution in [1.82, 2.24) is 0 Å². The van der Waals surface area contributed by atoms with E-state index in [0.717, 1.165) is 0 Å². The van der Waals surface area contributed by atoms with Gasteiger partial charge in [-0.15, -0.1) is 0 Å². The van der Waals surface area contributed by atoms with Gasteiger partial charge in [-0.25, -0.2) is 0 Å². The topological polar surface area (TPSA) is 0 Å². The Bertz CT molecular complexity index is 295. The SMILES string of the molecule is C[Si](C)(C)[Si]([C]1[CH][CH][CH][CH]1)([C]1[CH][CH][CH][CH]1)[Si](C)(C)C.[Cl][Zr+2][Cl]. The van der Waals surface area contributed by atoms with Crippen molar-refractivity contribution in [3.05, 3.63) is 62.4 Å². The summed E-state index contributed by atoms with van der Waals surface area (Å²) in [5, 5.41) is 0. The van der Waals surface area contributed by atoms with Crippen molar-refractivity contribution in [1.29, 1.82) is 0 Å². The van der Waals surface area contributed by atoms with Gasteiger partial charge in [-0.05, 0) is 62.4 Å². The third kappa shape index (κ3) is 4.64. The summed E-state index contributed by atoms with van der Waals surface area (Å²) in [4.78, 5) is 0. The van der Waals surface area contributed by atoms with Crippen LogP contribution in [-0.2, 0) is 20.8 Å². The van der Waals surface area contributed by atoms with E-state index in [1.54, 1.807) is 11.1 Å². The third-order valence-corrected chi connectivity index (χ3v) is 41.8. The summed E-state index contributed by atoms with van der Waals surface area (Å²) in [7, 11) is 5.74. The van der Waals surface area contributed by atoms with Crippen molar-refractivity contribution < 1.29 is 20.8 Å². The molecule has 2 aliphatic carbocycles. The number of hydrogen-bond donors (Lipinski definition) is 0. The van der Waals surface area contributed by atoms with E-state index in [1.165, 1.54) is 0 Å². The van der Waals surface area contributed by atoms with Crippen LogP contribution in [0.1, 0.15) is 0 Å². The van der Waals surface area contributed by atoms with Crippen LogP contribution in [0.4, 0.5) is 0 Å². The molecule has 0 saturated heterocycles. The molecule has 0 aromatic rings. The second-order valence-electron chi connectivity index (χ2n) is 7.67. The molecule has 0 nitrogen and oxygen atoms in total. The van der Waals surface area contributed by atoms with E-state index in [-0.39, 0.29) is 0 Å². The van der Waals surface area contributed by atoms with Crippen LogP contribution in [0.3, 0.4) is 0 Å². The third-order valence-electron chi connectivity index (χ3n) is 4.44. The summed E-state index contributed by atoms with van der Waals surface area (Å²) in [6.07, 6.45) is 18.6. The van der Waals surface area contributed by atoms with E-state index in [2.05, 4.69) is 90.6 Å². The predicted octanol–water partition coefficient (Wildman–Crippen LogP) is 5.53. The minimum atomic E-state index is -1.57. The molecule has 0 atom stereocenters.